The van der Waals surface area contributed by atoms with E-state index >= 15 is 0 Å². The molecule has 3 aliphatic rings. The van der Waals surface area contributed by atoms with Gasteiger partial charge in [-0.2, -0.15) is 0 Å². The zero-order valence-corrected chi connectivity index (χ0v) is 58.9. The number of rotatable bonds is 25. The fraction of sp³-hybridized carbons (Fsp3) is 0.289. The van der Waals surface area contributed by atoms with Crippen molar-refractivity contribution < 1.29 is 103 Å². The van der Waals surface area contributed by atoms with Gasteiger partial charge < -0.3 is 48.1 Å². The quantitative estimate of drug-likeness (QED) is 0.0308. The number of carbonyl (C=O) groups excluding carboxylic acids is 6. The molecular formula is C76H68Cl3F6N3O16. The minimum atomic E-state index is -2.80. The number of esters is 2. The highest BCUT2D eigenvalue weighted by Crippen LogP contribution is 2.54. The Morgan fingerprint density at radius 3 is 1.04 bits per heavy atom. The second-order valence-corrected chi connectivity index (χ2v) is 24.3. The van der Waals surface area contributed by atoms with Crippen LogP contribution in [0.25, 0.3) is 32.3 Å². The van der Waals surface area contributed by atoms with Gasteiger partial charge in [-0.05, 0) is 94.1 Å². The molecule has 3 heterocycles. The number of hydrogen-bond acceptors (Lipinski definition) is 16. The van der Waals surface area contributed by atoms with E-state index in [4.69, 9.17) is 72.7 Å². The summed E-state index contributed by atoms with van der Waals surface area (Å²) in [6, 6.07) is 34.5. The Labute approximate surface area is 607 Å². The predicted molar refractivity (Wildman–Crippen MR) is 379 cm³/mol. The molecule has 546 valence electrons. The van der Waals surface area contributed by atoms with Gasteiger partial charge in [-0.15, -0.1) is 0 Å². The number of halogens is 9. The molecule has 19 nitrogen and oxygen atoms in total. The summed E-state index contributed by atoms with van der Waals surface area (Å²) in [5.41, 5.74) is 2.56. The van der Waals surface area contributed by atoms with Gasteiger partial charge in [-0.3, -0.25) is 38.6 Å². The van der Waals surface area contributed by atoms with Crippen molar-refractivity contribution >= 4 is 120 Å². The number of aryl methyl sites for hydroxylation is 1. The van der Waals surface area contributed by atoms with E-state index in [1.807, 2.05) is 13.0 Å². The van der Waals surface area contributed by atoms with Gasteiger partial charge in [-0.1, -0.05) is 133 Å². The highest BCUT2D eigenvalue weighted by atomic mass is 35.5. The number of ether oxygens (including phenoxy) is 8. The molecular weight excluding hydrogens is 1430 g/mol. The van der Waals surface area contributed by atoms with E-state index < -0.39 is 87.1 Å². The highest BCUT2D eigenvalue weighted by Gasteiger charge is 2.48. The van der Waals surface area contributed by atoms with Crippen LogP contribution in [0.3, 0.4) is 0 Å². The summed E-state index contributed by atoms with van der Waals surface area (Å²) in [7, 11) is 0. The molecule has 9 aromatic carbocycles. The first-order valence-corrected chi connectivity index (χ1v) is 34.0. The summed E-state index contributed by atoms with van der Waals surface area (Å²) < 4.78 is 122. The average Bonchev–Trinajstić information content (AvgIpc) is 1.56. The van der Waals surface area contributed by atoms with E-state index in [2.05, 4.69) is 0 Å². The Hall–Kier alpha value is -10.1. The Kier molecular flexibility index (Phi) is 24.7. The molecule has 2 N–H and O–H groups in total. The molecule has 0 aliphatic carbocycles. The number of nitrogens with zero attached hydrogens (tertiary/aromatic N) is 3. The molecule has 9 aromatic rings. The Balaban J connectivity index is 0.000000168. The number of alkyl halides is 6. The maximum atomic E-state index is 13.7. The molecule has 0 saturated carbocycles. The molecule has 104 heavy (non-hydrogen) atoms. The number of aliphatic hydroxyl groups is 2. The van der Waals surface area contributed by atoms with Crippen LogP contribution in [-0.2, 0) is 38.3 Å². The zero-order valence-electron chi connectivity index (χ0n) is 56.6. The summed E-state index contributed by atoms with van der Waals surface area (Å²) in [6.45, 7) is 9.00. The third-order valence-corrected chi connectivity index (χ3v) is 17.5. The number of aliphatic hydroxyl groups excluding tert-OH is 2. The Morgan fingerprint density at radius 1 is 0.394 bits per heavy atom. The third kappa shape index (κ3) is 15.4. The number of carbonyl (C=O) groups is 6. The van der Waals surface area contributed by atoms with E-state index in [-0.39, 0.29) is 135 Å². The van der Waals surface area contributed by atoms with E-state index in [0.717, 1.165) is 26.7 Å². The molecule has 0 fully saturated rings. The number of fused-ring (bicyclic) bond motifs is 6. The fourth-order valence-electron chi connectivity index (χ4n) is 12.4. The first kappa shape index (κ1) is 76.6. The lowest BCUT2D eigenvalue weighted by molar-refractivity contribution is -0.143. The molecule has 2 atom stereocenters. The second-order valence-electron chi connectivity index (χ2n) is 23.1. The van der Waals surface area contributed by atoms with Crippen LogP contribution in [0, 0.1) is 0 Å². The summed E-state index contributed by atoms with van der Waals surface area (Å²) in [4.78, 5) is 81.2. The van der Waals surface area contributed by atoms with Crippen LogP contribution in [0.4, 0.5) is 43.4 Å². The van der Waals surface area contributed by atoms with Crippen molar-refractivity contribution in [2.75, 3.05) is 67.6 Å². The van der Waals surface area contributed by atoms with Crippen LogP contribution >= 0.6 is 34.8 Å². The van der Waals surface area contributed by atoms with Gasteiger partial charge in [0.2, 0.25) is 0 Å². The predicted octanol–water partition coefficient (Wildman–Crippen LogP) is 16.5. The zero-order chi connectivity index (χ0) is 75.0. The smallest absolute Gasteiger partial charge is 0.310 e. The average molecular weight is 1500 g/mol. The third-order valence-electron chi connectivity index (χ3n) is 16.6. The first-order chi connectivity index (χ1) is 49.9. The minimum Gasteiger partial charge on any atom is -0.493 e. The molecule has 0 bridgehead atoms. The first-order valence-electron chi connectivity index (χ1n) is 32.9. The molecule has 3 aliphatic heterocycles. The topological polar surface area (TPSA) is 226 Å². The van der Waals surface area contributed by atoms with Gasteiger partial charge in [0.05, 0.1) is 111 Å². The number of amides is 4. The van der Waals surface area contributed by atoms with Gasteiger partial charge in [0.25, 0.3) is 42.9 Å². The van der Waals surface area contributed by atoms with Crippen molar-refractivity contribution in [3.8, 4) is 34.5 Å². The van der Waals surface area contributed by atoms with Crippen molar-refractivity contribution in [3.63, 3.8) is 0 Å². The maximum Gasteiger partial charge on any atom is 0.310 e. The minimum absolute atomic E-state index is 0.0178. The fourth-order valence-corrected chi connectivity index (χ4v) is 13.3. The summed E-state index contributed by atoms with van der Waals surface area (Å²) in [5.74, 6) is -3.10. The van der Waals surface area contributed by atoms with Crippen LogP contribution in [0.2, 0.25) is 15.1 Å². The van der Waals surface area contributed by atoms with E-state index in [9.17, 15) is 65.3 Å². The van der Waals surface area contributed by atoms with Crippen molar-refractivity contribution in [3.05, 3.63) is 193 Å². The van der Waals surface area contributed by atoms with Gasteiger partial charge in [-0.25, -0.2) is 31.2 Å². The van der Waals surface area contributed by atoms with Gasteiger partial charge in [0, 0.05) is 32.3 Å². The SMILES string of the molecule is CCOC(=O)Cc1ccc(N2C(=O)c3c(c(OCC(F)F)c4ccccc4c3OCC)C2=O)c(Cl)c1.CCOC(=O)Cc1ccc(N2C(=O)c3c(c(OCC)c4ccccc4c3OCC(F)F)C2O)c(Cl)c1.CCOc1c2c(c(OCC(F)F)c3ccccc13)C(O)N(c1ccc(CC)cc1Cl)C2=O. The maximum absolute atomic E-state index is 13.7. The lowest BCUT2D eigenvalue weighted by atomic mass is 9.98. The van der Waals surface area contributed by atoms with Gasteiger partial charge >= 0.3 is 11.9 Å². The number of benzene rings is 9. The van der Waals surface area contributed by atoms with Crippen molar-refractivity contribution in [2.45, 2.75) is 92.5 Å². The van der Waals surface area contributed by atoms with Crippen LogP contribution in [0.15, 0.2) is 127 Å². The van der Waals surface area contributed by atoms with Crippen molar-refractivity contribution in [1.29, 1.82) is 0 Å². The van der Waals surface area contributed by atoms with Gasteiger partial charge in [0.1, 0.15) is 54.3 Å². The molecule has 0 saturated heterocycles. The molecule has 0 spiro atoms. The lowest BCUT2D eigenvalue weighted by Gasteiger charge is -2.23. The summed E-state index contributed by atoms with van der Waals surface area (Å²) in [5, 5.41) is 25.7. The Morgan fingerprint density at radius 2 is 0.692 bits per heavy atom. The number of imide groups is 1. The monoisotopic (exact) mass is 1500 g/mol. The van der Waals surface area contributed by atoms with E-state index in [0.29, 0.717) is 54.2 Å². The molecule has 0 radical (unpaired) electrons. The highest BCUT2D eigenvalue weighted by molar-refractivity contribution is 6.42. The van der Waals surface area contributed by atoms with E-state index in [1.54, 1.807) is 132 Å². The largest absolute Gasteiger partial charge is 0.493 e. The van der Waals surface area contributed by atoms with Crippen LogP contribution in [0.1, 0.15) is 123 Å². The van der Waals surface area contributed by atoms with Crippen LogP contribution in [-0.4, -0.2) is 118 Å². The van der Waals surface area contributed by atoms with Crippen LogP contribution < -0.4 is 43.1 Å². The normalized spacial score (nSPS) is 14.4. The summed E-state index contributed by atoms with van der Waals surface area (Å²) >= 11 is 19.3. The van der Waals surface area contributed by atoms with Crippen LogP contribution in [0.5, 0.6) is 34.5 Å². The van der Waals surface area contributed by atoms with Crippen molar-refractivity contribution in [1.82, 2.24) is 0 Å². The van der Waals surface area contributed by atoms with Gasteiger partial charge in [0.15, 0.2) is 12.5 Å². The molecule has 4 amide bonds. The molecule has 2 unspecified atom stereocenters. The van der Waals surface area contributed by atoms with Crippen molar-refractivity contribution in [2.24, 2.45) is 0 Å². The Bertz CT molecular complexity index is 4800. The molecule has 28 heteroatoms. The second kappa shape index (κ2) is 33.6. The molecule has 0 aromatic heterocycles. The summed E-state index contributed by atoms with van der Waals surface area (Å²) in [6.07, 6.45) is -10.6. The standard InChI is InChI=1S/C26H24ClF2NO6.C26H22ClF2NO6.C24H22ClF2NO4/c2*1-3-34-20(31)12-14-9-10-18(17(27)11-14)30-25(32)21-22(26(30)33)24(36-13-19(28)29)16-8-6-5-7-15(16)23(21)35-4-2;1-3-13-9-10-17(16(25)11-13)28-23(29)19-20(24(28)30)22(32-12-18(26)27)15-8-6-5-7-14(15)21(19)31-4-2/h5-11,19,25,32H,3-4,12-13H2,1-2H3;5-11,19H,3-4,12-13H2,1-2H3;5-11,18,24,30H,3-4,12H2,1-2H3. The molecule has 12 rings (SSSR count). The number of hydrogen-bond donors (Lipinski definition) is 2. The number of anilines is 3. The van der Waals surface area contributed by atoms with E-state index in [1.165, 1.54) is 24.3 Å². The lowest BCUT2D eigenvalue weighted by Crippen LogP contribution is -2.30.